The number of nitrogens with zero attached hydrogens (tertiary/aromatic N) is 2. The molecular weight excluding hydrogens is 420 g/mol. The Morgan fingerprint density at radius 2 is 1.93 bits per heavy atom. The fourth-order valence-electron chi connectivity index (χ4n) is 4.58. The lowest BCUT2D eigenvalue weighted by molar-refractivity contribution is 0.389. The summed E-state index contributed by atoms with van der Waals surface area (Å²) >= 11 is 1.89. The molecule has 0 bridgehead atoms. The summed E-state index contributed by atoms with van der Waals surface area (Å²) in [6.07, 6.45) is 12.5. The Labute approximate surface area is 182 Å². The molecule has 0 unspecified atom stereocenters. The molecule has 2 fully saturated rings. The average molecular weight is 451 g/mol. The minimum absolute atomic E-state index is 0.0428. The largest absolute Gasteiger partial charge is 0.333 e. The summed E-state index contributed by atoms with van der Waals surface area (Å²) in [5, 5.41) is 5.67. The van der Waals surface area contributed by atoms with E-state index in [9.17, 15) is 8.42 Å². The molecule has 1 aliphatic carbocycles. The van der Waals surface area contributed by atoms with Crippen molar-refractivity contribution in [2.45, 2.75) is 64.0 Å². The van der Waals surface area contributed by atoms with Crippen LogP contribution in [0.25, 0.3) is 5.57 Å². The van der Waals surface area contributed by atoms with Crippen LogP contribution >= 0.6 is 11.3 Å². The molecule has 2 aromatic rings. The topological polar surface area (TPSA) is 96.3 Å². The molecule has 5 rings (SSSR count). The van der Waals surface area contributed by atoms with Gasteiger partial charge in [0, 0.05) is 41.9 Å². The molecular formula is C21H30N4O3S2. The highest BCUT2D eigenvalue weighted by Crippen LogP contribution is 2.36. The Bertz CT molecular complexity index is 935. The van der Waals surface area contributed by atoms with E-state index in [1.54, 1.807) is 5.57 Å². The molecule has 0 atom stereocenters. The minimum Gasteiger partial charge on any atom is -0.331 e. The molecule has 2 aromatic heterocycles. The van der Waals surface area contributed by atoms with E-state index < -0.39 is 10.3 Å². The van der Waals surface area contributed by atoms with E-state index in [2.05, 4.69) is 37.2 Å². The van der Waals surface area contributed by atoms with Crippen LogP contribution in [0.15, 0.2) is 29.4 Å². The molecule has 1 saturated heterocycles. The highest BCUT2D eigenvalue weighted by atomic mass is 32.2. The molecule has 0 spiro atoms. The van der Waals surface area contributed by atoms with E-state index in [1.165, 1.54) is 28.3 Å². The van der Waals surface area contributed by atoms with Crippen molar-refractivity contribution in [3.05, 3.63) is 45.7 Å². The number of nitrogens with one attached hydrogen (secondary N) is 2. The van der Waals surface area contributed by atoms with Gasteiger partial charge in [0.2, 0.25) is 0 Å². The molecule has 3 N–H and O–H groups in total. The molecule has 7 nitrogen and oxygen atoms in total. The van der Waals surface area contributed by atoms with Crippen LogP contribution in [0.3, 0.4) is 0 Å². The lowest BCUT2D eigenvalue weighted by Gasteiger charge is -2.20. The van der Waals surface area contributed by atoms with E-state index in [0.717, 1.165) is 64.6 Å². The first-order valence-corrected chi connectivity index (χ1v) is 13.1. The zero-order chi connectivity index (χ0) is 21.0. The summed E-state index contributed by atoms with van der Waals surface area (Å²) in [5.74, 6) is 1.18. The third-order valence-corrected chi connectivity index (χ3v) is 7.63. The molecule has 0 aromatic carbocycles. The smallest absolute Gasteiger partial charge is 0.331 e. The van der Waals surface area contributed by atoms with Gasteiger partial charge in [0.25, 0.3) is 0 Å². The lowest BCUT2D eigenvalue weighted by atomic mass is 9.93. The predicted molar refractivity (Wildman–Crippen MR) is 120 cm³/mol. The predicted octanol–water partition coefficient (Wildman–Crippen LogP) is 3.40. The van der Waals surface area contributed by atoms with Gasteiger partial charge in [-0.05, 0) is 55.8 Å². The summed E-state index contributed by atoms with van der Waals surface area (Å²) in [6, 6.07) is 2.24. The minimum atomic E-state index is -3.97. The van der Waals surface area contributed by atoms with E-state index >= 15 is 0 Å². The van der Waals surface area contributed by atoms with Crippen LogP contribution in [-0.2, 0) is 23.3 Å². The van der Waals surface area contributed by atoms with Crippen LogP contribution in [0.2, 0.25) is 0 Å². The van der Waals surface area contributed by atoms with Crippen molar-refractivity contribution in [3.8, 4) is 0 Å². The number of hydrogen-bond acceptors (Lipinski definition) is 5. The Morgan fingerprint density at radius 3 is 2.67 bits per heavy atom. The SMILES string of the molecule is O=S(=O)(O)NC1CCCCC1.c1cn2c(n1)C(=C1CCNCC1)c1ccsc1CC2. The average Bonchev–Trinajstić information content (AvgIpc) is 3.35. The number of thiophene rings is 1. The van der Waals surface area contributed by atoms with E-state index in [0.29, 0.717) is 0 Å². The van der Waals surface area contributed by atoms with E-state index in [-0.39, 0.29) is 6.04 Å². The van der Waals surface area contributed by atoms with Gasteiger partial charge in [-0.3, -0.25) is 4.55 Å². The standard InChI is InChI=1S/C15H17N3S.C6H13NO3S/c1-5-16-6-2-11(1)14-12-4-10-19-13(12)3-8-18-9-7-17-15(14)18;8-11(9,10)7-6-4-2-1-3-5-6/h4,7,9-10,16H,1-3,5-6,8H2;6-7H,1-5H2,(H,8,9,10). The molecule has 9 heteroatoms. The summed E-state index contributed by atoms with van der Waals surface area (Å²) in [5.41, 5.74) is 4.43. The van der Waals surface area contributed by atoms with Crippen LogP contribution in [0.4, 0.5) is 0 Å². The van der Waals surface area contributed by atoms with Gasteiger partial charge in [-0.15, -0.1) is 11.3 Å². The van der Waals surface area contributed by atoms with Gasteiger partial charge in [-0.2, -0.15) is 13.1 Å². The number of aryl methyl sites for hydroxylation is 2. The van der Waals surface area contributed by atoms with Crippen LogP contribution in [0.5, 0.6) is 0 Å². The summed E-state index contributed by atoms with van der Waals surface area (Å²) in [7, 11) is -3.97. The van der Waals surface area contributed by atoms with Gasteiger partial charge in [0.1, 0.15) is 5.82 Å². The van der Waals surface area contributed by atoms with Crippen LogP contribution in [0.1, 0.15) is 61.2 Å². The number of hydrogen-bond donors (Lipinski definition) is 3. The van der Waals surface area contributed by atoms with E-state index in [1.807, 2.05) is 17.5 Å². The van der Waals surface area contributed by atoms with Gasteiger partial charge in [0.15, 0.2) is 0 Å². The monoisotopic (exact) mass is 450 g/mol. The molecule has 164 valence electrons. The number of fused-ring (bicyclic) bond motifs is 2. The van der Waals surface area contributed by atoms with Crippen LogP contribution in [0, 0.1) is 0 Å². The van der Waals surface area contributed by atoms with Gasteiger partial charge >= 0.3 is 10.3 Å². The zero-order valence-corrected chi connectivity index (χ0v) is 18.8. The quantitative estimate of drug-likeness (QED) is 0.610. The van der Waals surface area contributed by atoms with Crippen molar-refractivity contribution in [1.29, 1.82) is 0 Å². The Hall–Kier alpha value is -1.52. The highest BCUT2D eigenvalue weighted by Gasteiger charge is 2.24. The first-order valence-electron chi connectivity index (χ1n) is 10.8. The van der Waals surface area contributed by atoms with Gasteiger partial charge in [-0.25, -0.2) is 4.98 Å². The first kappa shape index (κ1) is 21.7. The molecule has 0 amide bonds. The molecule has 3 aliphatic rings. The molecule has 30 heavy (non-hydrogen) atoms. The molecule has 2 aliphatic heterocycles. The molecule has 1 saturated carbocycles. The van der Waals surface area contributed by atoms with Gasteiger partial charge in [0.05, 0.1) is 0 Å². The zero-order valence-electron chi connectivity index (χ0n) is 17.1. The maximum atomic E-state index is 10.3. The van der Waals surface area contributed by atoms with Crippen molar-refractivity contribution in [2.75, 3.05) is 13.1 Å². The van der Waals surface area contributed by atoms with Crippen molar-refractivity contribution in [1.82, 2.24) is 19.6 Å². The van der Waals surface area contributed by atoms with Gasteiger partial charge in [-0.1, -0.05) is 24.8 Å². The van der Waals surface area contributed by atoms with Gasteiger partial charge < -0.3 is 9.88 Å². The first-order chi connectivity index (χ1) is 14.5. The van der Waals surface area contributed by atoms with Crippen LogP contribution < -0.4 is 10.0 Å². The highest BCUT2D eigenvalue weighted by molar-refractivity contribution is 7.83. The normalized spacial score (nSPS) is 20.0. The second-order valence-corrected chi connectivity index (χ2v) is 10.3. The summed E-state index contributed by atoms with van der Waals surface area (Å²) in [6.45, 7) is 3.25. The lowest BCUT2D eigenvalue weighted by Crippen LogP contribution is -2.35. The number of rotatable bonds is 2. The Morgan fingerprint density at radius 1 is 1.17 bits per heavy atom. The Kier molecular flexibility index (Phi) is 7.05. The molecule has 4 heterocycles. The fraction of sp³-hybridized carbons (Fsp3) is 0.571. The second kappa shape index (κ2) is 9.74. The third-order valence-electron chi connectivity index (χ3n) is 6.02. The van der Waals surface area contributed by atoms with Crippen molar-refractivity contribution in [2.24, 2.45) is 0 Å². The third kappa shape index (κ3) is 5.39. The summed E-state index contributed by atoms with van der Waals surface area (Å²) < 4.78 is 33.6. The number of imidazole rings is 1. The maximum Gasteiger partial charge on any atom is 0.333 e. The van der Waals surface area contributed by atoms with Crippen LogP contribution in [-0.4, -0.2) is 41.7 Å². The Balaban J connectivity index is 0.000000170. The van der Waals surface area contributed by atoms with Crippen molar-refractivity contribution in [3.63, 3.8) is 0 Å². The number of aromatic nitrogens is 2. The number of piperidine rings is 1. The van der Waals surface area contributed by atoms with Crippen molar-refractivity contribution < 1.29 is 13.0 Å². The van der Waals surface area contributed by atoms with E-state index in [4.69, 9.17) is 4.55 Å². The van der Waals surface area contributed by atoms with Crippen molar-refractivity contribution >= 4 is 27.2 Å². The second-order valence-electron chi connectivity index (χ2n) is 8.11. The molecule has 0 radical (unpaired) electrons. The fourth-order valence-corrected chi connectivity index (χ4v) is 6.11. The maximum absolute atomic E-state index is 10.3. The summed E-state index contributed by atoms with van der Waals surface area (Å²) in [4.78, 5) is 6.16.